The van der Waals surface area contributed by atoms with Crippen LogP contribution in [0.15, 0.2) is 41.8 Å². The SMILES string of the molecule is CC(c1ccc(C(O)c2cccs2)cc1)C1OCCO1. The third-order valence-electron chi connectivity index (χ3n) is 3.65. The second-order valence-corrected chi connectivity index (χ2v) is 5.96. The molecule has 0 bridgehead atoms. The molecular formula is C16H18O3S. The van der Waals surface area contributed by atoms with E-state index in [1.54, 1.807) is 11.3 Å². The number of hydrogen-bond acceptors (Lipinski definition) is 4. The molecule has 1 fully saturated rings. The highest BCUT2D eigenvalue weighted by Crippen LogP contribution is 2.29. The van der Waals surface area contributed by atoms with Gasteiger partial charge in [-0.1, -0.05) is 37.3 Å². The van der Waals surface area contributed by atoms with E-state index in [1.165, 1.54) is 5.56 Å². The van der Waals surface area contributed by atoms with Crippen molar-refractivity contribution in [2.75, 3.05) is 13.2 Å². The van der Waals surface area contributed by atoms with E-state index >= 15 is 0 Å². The first-order chi connectivity index (χ1) is 9.75. The monoisotopic (exact) mass is 290 g/mol. The van der Waals surface area contributed by atoms with Crippen molar-refractivity contribution in [1.82, 2.24) is 0 Å². The molecule has 2 aromatic rings. The Morgan fingerprint density at radius 2 is 1.75 bits per heavy atom. The normalized spacial score (nSPS) is 19.1. The molecule has 2 heterocycles. The van der Waals surface area contributed by atoms with Crippen LogP contribution in [0.3, 0.4) is 0 Å². The molecule has 106 valence electrons. The minimum Gasteiger partial charge on any atom is -0.383 e. The third-order valence-corrected chi connectivity index (χ3v) is 4.57. The molecule has 0 amide bonds. The second kappa shape index (κ2) is 6.06. The predicted molar refractivity (Wildman–Crippen MR) is 78.9 cm³/mol. The summed E-state index contributed by atoms with van der Waals surface area (Å²) in [6, 6.07) is 11.9. The van der Waals surface area contributed by atoms with Gasteiger partial charge in [-0.05, 0) is 22.6 Å². The van der Waals surface area contributed by atoms with Gasteiger partial charge < -0.3 is 14.6 Å². The Kier molecular flexibility index (Phi) is 4.17. The zero-order valence-corrected chi connectivity index (χ0v) is 12.2. The van der Waals surface area contributed by atoms with E-state index in [2.05, 4.69) is 6.92 Å². The summed E-state index contributed by atoms with van der Waals surface area (Å²) in [6.45, 7) is 3.44. The van der Waals surface area contributed by atoms with Crippen LogP contribution in [0.4, 0.5) is 0 Å². The zero-order chi connectivity index (χ0) is 13.9. The van der Waals surface area contributed by atoms with E-state index in [0.717, 1.165) is 10.4 Å². The van der Waals surface area contributed by atoms with Gasteiger partial charge in [0, 0.05) is 10.8 Å². The van der Waals surface area contributed by atoms with Crippen molar-refractivity contribution in [1.29, 1.82) is 0 Å². The summed E-state index contributed by atoms with van der Waals surface area (Å²) in [5.74, 6) is 0.199. The fourth-order valence-electron chi connectivity index (χ4n) is 2.42. The molecule has 1 N–H and O–H groups in total. The Balaban J connectivity index is 1.74. The molecule has 3 nitrogen and oxygen atoms in total. The topological polar surface area (TPSA) is 38.7 Å². The Morgan fingerprint density at radius 1 is 1.10 bits per heavy atom. The maximum atomic E-state index is 10.3. The molecule has 2 unspecified atom stereocenters. The van der Waals surface area contributed by atoms with E-state index in [4.69, 9.17) is 9.47 Å². The number of rotatable bonds is 4. The number of hydrogen-bond donors (Lipinski definition) is 1. The maximum absolute atomic E-state index is 10.3. The van der Waals surface area contributed by atoms with Gasteiger partial charge in [-0.25, -0.2) is 0 Å². The Morgan fingerprint density at radius 3 is 2.35 bits per heavy atom. The van der Waals surface area contributed by atoms with Gasteiger partial charge in [0.15, 0.2) is 6.29 Å². The van der Waals surface area contributed by atoms with Gasteiger partial charge in [0.05, 0.1) is 13.2 Å². The van der Waals surface area contributed by atoms with Gasteiger partial charge in [0.1, 0.15) is 6.10 Å². The van der Waals surface area contributed by atoms with Gasteiger partial charge in [-0.3, -0.25) is 0 Å². The summed E-state index contributed by atoms with van der Waals surface area (Å²) in [5.41, 5.74) is 2.08. The van der Waals surface area contributed by atoms with Gasteiger partial charge in [-0.2, -0.15) is 0 Å². The maximum Gasteiger partial charge on any atom is 0.164 e. The van der Waals surface area contributed by atoms with Crippen LogP contribution in [0.1, 0.15) is 34.9 Å². The van der Waals surface area contributed by atoms with E-state index in [-0.39, 0.29) is 12.2 Å². The van der Waals surface area contributed by atoms with Crippen molar-refractivity contribution in [3.05, 3.63) is 57.8 Å². The molecule has 2 atom stereocenters. The Bertz CT molecular complexity index is 529. The molecule has 0 aliphatic carbocycles. The Hall–Kier alpha value is -1.20. The van der Waals surface area contributed by atoms with Crippen LogP contribution in [-0.4, -0.2) is 24.6 Å². The van der Waals surface area contributed by atoms with E-state index in [1.807, 2.05) is 41.8 Å². The summed E-state index contributed by atoms with van der Waals surface area (Å²) in [5, 5.41) is 12.3. The van der Waals surface area contributed by atoms with Gasteiger partial charge in [0.2, 0.25) is 0 Å². The van der Waals surface area contributed by atoms with Crippen LogP contribution in [0.2, 0.25) is 0 Å². The lowest BCUT2D eigenvalue weighted by molar-refractivity contribution is -0.0570. The molecule has 0 spiro atoms. The van der Waals surface area contributed by atoms with Crippen LogP contribution in [0, 0.1) is 0 Å². The van der Waals surface area contributed by atoms with Crippen molar-refractivity contribution in [3.8, 4) is 0 Å². The molecule has 1 aromatic carbocycles. The average Bonchev–Trinajstić information content (AvgIpc) is 3.18. The second-order valence-electron chi connectivity index (χ2n) is 4.98. The average molecular weight is 290 g/mol. The predicted octanol–water partition coefficient (Wildman–Crippen LogP) is 3.31. The van der Waals surface area contributed by atoms with Gasteiger partial charge in [0.25, 0.3) is 0 Å². The number of benzene rings is 1. The van der Waals surface area contributed by atoms with Crippen LogP contribution in [-0.2, 0) is 9.47 Å². The molecule has 1 saturated heterocycles. The van der Waals surface area contributed by atoms with Crippen LogP contribution >= 0.6 is 11.3 Å². The first kappa shape index (κ1) is 13.8. The molecule has 0 radical (unpaired) electrons. The largest absolute Gasteiger partial charge is 0.383 e. The summed E-state index contributed by atoms with van der Waals surface area (Å²) in [6.07, 6.45) is -0.693. The van der Waals surface area contributed by atoms with E-state index in [0.29, 0.717) is 13.2 Å². The minimum absolute atomic E-state index is 0.150. The summed E-state index contributed by atoms with van der Waals surface area (Å²) in [4.78, 5) is 0.966. The number of aliphatic hydroxyl groups excluding tert-OH is 1. The highest BCUT2D eigenvalue weighted by atomic mass is 32.1. The molecule has 1 aliphatic rings. The molecular weight excluding hydrogens is 272 g/mol. The lowest BCUT2D eigenvalue weighted by Gasteiger charge is -2.19. The lowest BCUT2D eigenvalue weighted by Crippen LogP contribution is -2.16. The molecule has 0 saturated carbocycles. The molecule has 20 heavy (non-hydrogen) atoms. The zero-order valence-electron chi connectivity index (χ0n) is 11.4. The smallest absolute Gasteiger partial charge is 0.164 e. The van der Waals surface area contributed by atoms with Crippen molar-refractivity contribution < 1.29 is 14.6 Å². The van der Waals surface area contributed by atoms with Crippen LogP contribution in [0.25, 0.3) is 0 Å². The fourth-order valence-corrected chi connectivity index (χ4v) is 3.15. The third kappa shape index (κ3) is 2.79. The fraction of sp³-hybridized carbons (Fsp3) is 0.375. The highest BCUT2D eigenvalue weighted by molar-refractivity contribution is 7.10. The van der Waals surface area contributed by atoms with Gasteiger partial charge in [-0.15, -0.1) is 11.3 Å². The van der Waals surface area contributed by atoms with Crippen LogP contribution < -0.4 is 0 Å². The number of thiophene rings is 1. The van der Waals surface area contributed by atoms with E-state index < -0.39 is 6.10 Å². The number of ether oxygens (including phenoxy) is 2. The lowest BCUT2D eigenvalue weighted by atomic mass is 9.97. The molecule has 4 heteroatoms. The molecule has 1 aliphatic heterocycles. The quantitative estimate of drug-likeness (QED) is 0.939. The highest BCUT2D eigenvalue weighted by Gasteiger charge is 2.24. The van der Waals surface area contributed by atoms with Crippen molar-refractivity contribution in [2.24, 2.45) is 0 Å². The van der Waals surface area contributed by atoms with Crippen molar-refractivity contribution in [3.63, 3.8) is 0 Å². The summed E-state index contributed by atoms with van der Waals surface area (Å²) in [7, 11) is 0. The summed E-state index contributed by atoms with van der Waals surface area (Å²) >= 11 is 1.57. The van der Waals surface area contributed by atoms with Crippen LogP contribution in [0.5, 0.6) is 0 Å². The van der Waals surface area contributed by atoms with Gasteiger partial charge >= 0.3 is 0 Å². The van der Waals surface area contributed by atoms with Crippen molar-refractivity contribution >= 4 is 11.3 Å². The summed E-state index contributed by atoms with van der Waals surface area (Å²) < 4.78 is 11.1. The standard InChI is InChI=1S/C16H18O3S/c1-11(16-18-8-9-19-16)12-4-6-13(7-5-12)15(17)14-3-2-10-20-14/h2-7,10-11,15-17H,8-9H2,1H3. The molecule has 3 rings (SSSR count). The van der Waals surface area contributed by atoms with E-state index in [9.17, 15) is 5.11 Å². The first-order valence-electron chi connectivity index (χ1n) is 6.80. The number of aliphatic hydroxyl groups is 1. The first-order valence-corrected chi connectivity index (χ1v) is 7.68. The molecule has 1 aromatic heterocycles. The Labute approximate surface area is 122 Å². The minimum atomic E-state index is -0.543. The van der Waals surface area contributed by atoms with Crippen molar-refractivity contribution in [2.45, 2.75) is 25.2 Å².